The Hall–Kier alpha value is -0.610. The Balaban J connectivity index is 3.09. The van der Waals surface area contributed by atoms with Crippen LogP contribution in [0.5, 0.6) is 0 Å². The highest BCUT2D eigenvalue weighted by Gasteiger charge is 2.52. The van der Waals surface area contributed by atoms with Crippen molar-refractivity contribution in [3.05, 3.63) is 0 Å². The van der Waals surface area contributed by atoms with Gasteiger partial charge in [-0.3, -0.25) is 9.69 Å². The first-order chi connectivity index (χ1) is 6.51. The minimum Gasteiger partial charge on any atom is -0.480 e. The van der Waals surface area contributed by atoms with Crippen LogP contribution in [0.1, 0.15) is 40.5 Å². The second-order valence-corrected chi connectivity index (χ2v) is 6.00. The molecule has 1 fully saturated rings. The maximum Gasteiger partial charge on any atom is 0.323 e. The summed E-state index contributed by atoms with van der Waals surface area (Å²) in [5.74, 6) is -0.892. The van der Waals surface area contributed by atoms with Crippen LogP contribution < -0.4 is 5.73 Å². The molecule has 0 aliphatic carbocycles. The zero-order valence-corrected chi connectivity index (χ0v) is 10.3. The highest BCUT2D eigenvalue weighted by Crippen LogP contribution is 2.41. The monoisotopic (exact) mass is 214 g/mol. The molecule has 4 nitrogen and oxygen atoms in total. The van der Waals surface area contributed by atoms with Gasteiger partial charge in [0.2, 0.25) is 0 Å². The first kappa shape index (κ1) is 12.5. The van der Waals surface area contributed by atoms with Gasteiger partial charge in [0.15, 0.2) is 0 Å². The summed E-state index contributed by atoms with van der Waals surface area (Å²) in [6, 6.07) is 0. The van der Waals surface area contributed by atoms with Gasteiger partial charge in [-0.15, -0.1) is 0 Å². The molecule has 0 bridgehead atoms. The van der Waals surface area contributed by atoms with Gasteiger partial charge in [-0.1, -0.05) is 0 Å². The van der Waals surface area contributed by atoms with Gasteiger partial charge < -0.3 is 10.8 Å². The molecular weight excluding hydrogens is 192 g/mol. The maximum atomic E-state index is 11.2. The van der Waals surface area contributed by atoms with Crippen LogP contribution in [-0.4, -0.2) is 39.6 Å². The van der Waals surface area contributed by atoms with E-state index in [2.05, 4.69) is 4.90 Å². The quantitative estimate of drug-likeness (QED) is 0.684. The Morgan fingerprint density at radius 2 is 1.53 bits per heavy atom. The van der Waals surface area contributed by atoms with E-state index in [0.29, 0.717) is 12.8 Å². The van der Waals surface area contributed by atoms with Crippen LogP contribution in [0.2, 0.25) is 0 Å². The standard InChI is InChI=1S/C11H22N2O2/c1-9(2)6-11(12,8(14)15)7-10(3,4)13(9)5/h6-7,12H2,1-5H3,(H,14,15). The van der Waals surface area contributed by atoms with Gasteiger partial charge in [0, 0.05) is 11.1 Å². The third-order valence-corrected chi connectivity index (χ3v) is 3.74. The summed E-state index contributed by atoms with van der Waals surface area (Å²) in [4.78, 5) is 13.4. The van der Waals surface area contributed by atoms with Crippen LogP contribution in [0.4, 0.5) is 0 Å². The number of carboxylic acids is 1. The average Bonchev–Trinajstić information content (AvgIpc) is 1.98. The molecule has 1 saturated heterocycles. The second kappa shape index (κ2) is 3.19. The van der Waals surface area contributed by atoms with Gasteiger partial charge in [0.25, 0.3) is 0 Å². The molecule has 0 atom stereocenters. The third kappa shape index (κ3) is 2.01. The molecule has 0 aromatic rings. The highest BCUT2D eigenvalue weighted by atomic mass is 16.4. The molecule has 0 aromatic heterocycles. The summed E-state index contributed by atoms with van der Waals surface area (Å²) in [5.41, 5.74) is 4.52. The number of aliphatic carboxylic acids is 1. The molecular formula is C11H22N2O2. The van der Waals surface area contributed by atoms with E-state index >= 15 is 0 Å². The van der Waals surface area contributed by atoms with E-state index < -0.39 is 11.5 Å². The van der Waals surface area contributed by atoms with Crippen LogP contribution in [0.15, 0.2) is 0 Å². The summed E-state index contributed by atoms with van der Waals surface area (Å²) in [7, 11) is 2.03. The fourth-order valence-corrected chi connectivity index (χ4v) is 2.81. The molecule has 0 saturated carbocycles. The number of nitrogens with two attached hydrogens (primary N) is 1. The molecule has 88 valence electrons. The van der Waals surface area contributed by atoms with Gasteiger partial charge in [-0.05, 0) is 47.6 Å². The lowest BCUT2D eigenvalue weighted by Crippen LogP contribution is -2.68. The Labute approximate surface area is 91.4 Å². The number of likely N-dealkylation sites (tertiary alicyclic amines) is 1. The van der Waals surface area contributed by atoms with E-state index in [1.165, 1.54) is 0 Å². The van der Waals surface area contributed by atoms with Crippen molar-refractivity contribution in [2.24, 2.45) is 5.73 Å². The molecule has 0 aromatic carbocycles. The van der Waals surface area contributed by atoms with E-state index in [-0.39, 0.29) is 11.1 Å². The van der Waals surface area contributed by atoms with Gasteiger partial charge in [0.1, 0.15) is 5.54 Å². The number of hydrogen-bond acceptors (Lipinski definition) is 3. The predicted octanol–water partition coefficient (Wildman–Crippen LogP) is 1.05. The lowest BCUT2D eigenvalue weighted by atomic mass is 9.70. The number of hydrogen-bond donors (Lipinski definition) is 2. The summed E-state index contributed by atoms with van der Waals surface area (Å²) < 4.78 is 0. The van der Waals surface area contributed by atoms with Crippen LogP contribution in [-0.2, 0) is 4.79 Å². The van der Waals surface area contributed by atoms with Crippen LogP contribution in [0, 0.1) is 0 Å². The summed E-state index contributed by atoms with van der Waals surface area (Å²) in [6.45, 7) is 8.16. The Morgan fingerprint density at radius 3 is 1.80 bits per heavy atom. The molecule has 1 aliphatic heterocycles. The predicted molar refractivity (Wildman–Crippen MR) is 59.7 cm³/mol. The molecule has 4 heteroatoms. The summed E-state index contributed by atoms with van der Waals surface area (Å²) in [6.07, 6.45) is 0.963. The van der Waals surface area contributed by atoms with E-state index in [1.54, 1.807) is 0 Å². The fraction of sp³-hybridized carbons (Fsp3) is 0.909. The van der Waals surface area contributed by atoms with E-state index in [1.807, 2.05) is 34.7 Å². The number of carboxylic acid groups (broad SMARTS) is 1. The van der Waals surface area contributed by atoms with Crippen molar-refractivity contribution < 1.29 is 9.90 Å². The first-order valence-electron chi connectivity index (χ1n) is 5.28. The molecule has 0 unspecified atom stereocenters. The van der Waals surface area contributed by atoms with Crippen molar-refractivity contribution in [2.45, 2.75) is 57.2 Å². The van der Waals surface area contributed by atoms with E-state index in [0.717, 1.165) is 0 Å². The summed E-state index contributed by atoms with van der Waals surface area (Å²) in [5, 5.41) is 9.20. The largest absolute Gasteiger partial charge is 0.480 e. The van der Waals surface area contributed by atoms with Crippen LogP contribution in [0.25, 0.3) is 0 Å². The maximum absolute atomic E-state index is 11.2. The van der Waals surface area contributed by atoms with Crippen LogP contribution >= 0.6 is 0 Å². The molecule has 1 rings (SSSR count). The highest BCUT2D eigenvalue weighted by molar-refractivity contribution is 5.79. The van der Waals surface area contributed by atoms with Gasteiger partial charge >= 0.3 is 5.97 Å². The molecule has 1 heterocycles. The Morgan fingerprint density at radius 1 is 1.20 bits per heavy atom. The zero-order valence-electron chi connectivity index (χ0n) is 10.3. The Kier molecular flexibility index (Phi) is 2.65. The number of piperidine rings is 1. The zero-order chi connectivity index (χ0) is 12.1. The lowest BCUT2D eigenvalue weighted by Gasteiger charge is -2.55. The minimum atomic E-state index is -1.10. The summed E-state index contributed by atoms with van der Waals surface area (Å²) >= 11 is 0. The molecule has 0 amide bonds. The minimum absolute atomic E-state index is 0.186. The molecule has 0 radical (unpaired) electrons. The number of carbonyl (C=O) groups is 1. The fourth-order valence-electron chi connectivity index (χ4n) is 2.81. The van der Waals surface area contributed by atoms with Crippen molar-refractivity contribution in [1.82, 2.24) is 4.90 Å². The molecule has 1 aliphatic rings. The third-order valence-electron chi connectivity index (χ3n) is 3.74. The van der Waals surface area contributed by atoms with E-state index in [9.17, 15) is 9.90 Å². The van der Waals surface area contributed by atoms with Crippen molar-refractivity contribution >= 4 is 5.97 Å². The first-order valence-corrected chi connectivity index (χ1v) is 5.28. The lowest BCUT2D eigenvalue weighted by molar-refractivity contribution is -0.152. The normalized spacial score (nSPS) is 28.7. The van der Waals surface area contributed by atoms with Gasteiger partial charge in [-0.2, -0.15) is 0 Å². The van der Waals surface area contributed by atoms with Crippen molar-refractivity contribution in [3.63, 3.8) is 0 Å². The number of nitrogens with zero attached hydrogens (tertiary/aromatic N) is 1. The van der Waals surface area contributed by atoms with Gasteiger partial charge in [-0.25, -0.2) is 0 Å². The SMILES string of the molecule is CN1C(C)(C)CC(N)(C(=O)O)CC1(C)C. The average molecular weight is 214 g/mol. The smallest absolute Gasteiger partial charge is 0.323 e. The molecule has 3 N–H and O–H groups in total. The van der Waals surface area contributed by atoms with Crippen molar-refractivity contribution in [3.8, 4) is 0 Å². The topological polar surface area (TPSA) is 66.6 Å². The number of rotatable bonds is 1. The molecule has 15 heavy (non-hydrogen) atoms. The van der Waals surface area contributed by atoms with Crippen LogP contribution in [0.3, 0.4) is 0 Å². The van der Waals surface area contributed by atoms with Crippen molar-refractivity contribution in [2.75, 3.05) is 7.05 Å². The Bertz CT molecular complexity index is 266. The van der Waals surface area contributed by atoms with Gasteiger partial charge in [0.05, 0.1) is 0 Å². The van der Waals surface area contributed by atoms with E-state index in [4.69, 9.17) is 5.73 Å². The second-order valence-electron chi connectivity index (χ2n) is 6.00. The van der Waals surface area contributed by atoms with Crippen molar-refractivity contribution in [1.29, 1.82) is 0 Å². The molecule has 0 spiro atoms.